The molecule has 0 atom stereocenters. The summed E-state index contributed by atoms with van der Waals surface area (Å²) in [5.74, 6) is 0.402. The van der Waals surface area contributed by atoms with E-state index in [0.29, 0.717) is 6.61 Å². The van der Waals surface area contributed by atoms with E-state index in [1.807, 2.05) is 32.0 Å². The molecule has 0 aliphatic carbocycles. The Bertz CT molecular complexity index is 334. The molecular weight excluding hydrogens is 232 g/mol. The lowest BCUT2D eigenvalue weighted by Gasteiger charge is -2.32. The van der Waals surface area contributed by atoms with Crippen LogP contribution in [0.25, 0.3) is 0 Å². The van der Waals surface area contributed by atoms with Crippen LogP contribution in [0.15, 0.2) is 22.7 Å². The molecule has 70 valence electrons. The molecule has 0 fully saturated rings. The zero-order valence-electron chi connectivity index (χ0n) is 7.63. The van der Waals surface area contributed by atoms with Crippen LogP contribution in [0.4, 0.5) is 0 Å². The molecule has 2 nitrogen and oxygen atoms in total. The highest BCUT2D eigenvalue weighted by molar-refractivity contribution is 9.10. The van der Waals surface area contributed by atoms with E-state index in [-0.39, 0.29) is 0 Å². The number of rotatable bonds is 0. The lowest BCUT2D eigenvalue weighted by Crippen LogP contribution is -2.35. The van der Waals surface area contributed by atoms with Crippen molar-refractivity contribution in [3.63, 3.8) is 0 Å². The van der Waals surface area contributed by atoms with Gasteiger partial charge >= 0.3 is 0 Å². The molecule has 0 amide bonds. The third kappa shape index (κ3) is 1.71. The molecule has 1 aliphatic rings. The van der Waals surface area contributed by atoms with Gasteiger partial charge in [0.2, 0.25) is 5.79 Å². The van der Waals surface area contributed by atoms with Crippen molar-refractivity contribution >= 4 is 15.9 Å². The van der Waals surface area contributed by atoms with Crippen molar-refractivity contribution in [3.8, 4) is 5.75 Å². The number of hydrogen-bond acceptors (Lipinski definition) is 2. The zero-order chi connectivity index (χ0) is 9.47. The Morgan fingerprint density at radius 1 is 1.38 bits per heavy atom. The fraction of sp³-hybridized carbons (Fsp3) is 0.400. The Morgan fingerprint density at radius 3 is 2.92 bits per heavy atom. The van der Waals surface area contributed by atoms with Crippen molar-refractivity contribution in [1.82, 2.24) is 0 Å². The number of benzene rings is 1. The van der Waals surface area contributed by atoms with Crippen LogP contribution in [-0.2, 0) is 11.3 Å². The predicted octanol–water partition coefficient (Wildman–Crippen LogP) is 3.09. The van der Waals surface area contributed by atoms with Crippen LogP contribution < -0.4 is 4.74 Å². The summed E-state index contributed by atoms with van der Waals surface area (Å²) in [6.07, 6.45) is 0. The molecule has 0 unspecified atom stereocenters. The lowest BCUT2D eigenvalue weighted by atomic mass is 10.2. The Labute approximate surface area is 86.0 Å². The van der Waals surface area contributed by atoms with Gasteiger partial charge in [0.05, 0.1) is 6.61 Å². The van der Waals surface area contributed by atoms with E-state index in [1.165, 1.54) is 0 Å². The minimum absolute atomic E-state index is 0.506. The van der Waals surface area contributed by atoms with Crippen molar-refractivity contribution in [3.05, 3.63) is 28.2 Å². The second-order valence-corrected chi connectivity index (χ2v) is 4.36. The topological polar surface area (TPSA) is 18.5 Å². The van der Waals surface area contributed by atoms with Gasteiger partial charge in [0.15, 0.2) is 0 Å². The molecule has 0 saturated heterocycles. The van der Waals surface area contributed by atoms with Gasteiger partial charge in [0, 0.05) is 23.9 Å². The van der Waals surface area contributed by atoms with Crippen molar-refractivity contribution in [2.75, 3.05) is 0 Å². The van der Waals surface area contributed by atoms with Crippen LogP contribution >= 0.6 is 15.9 Å². The SMILES string of the molecule is CC1(C)OCc2c(Br)cccc2O1. The molecule has 0 N–H and O–H groups in total. The van der Waals surface area contributed by atoms with Gasteiger partial charge in [0.1, 0.15) is 5.75 Å². The summed E-state index contributed by atoms with van der Waals surface area (Å²) < 4.78 is 12.2. The Balaban J connectivity index is 2.42. The Kier molecular flexibility index (Phi) is 2.08. The number of hydrogen-bond donors (Lipinski definition) is 0. The first-order valence-electron chi connectivity index (χ1n) is 4.19. The van der Waals surface area contributed by atoms with E-state index in [1.54, 1.807) is 0 Å². The molecule has 2 rings (SSSR count). The van der Waals surface area contributed by atoms with Gasteiger partial charge in [-0.2, -0.15) is 0 Å². The van der Waals surface area contributed by atoms with E-state index in [0.717, 1.165) is 15.8 Å². The van der Waals surface area contributed by atoms with Gasteiger partial charge in [-0.15, -0.1) is 0 Å². The molecule has 0 aromatic heterocycles. The van der Waals surface area contributed by atoms with Gasteiger partial charge in [0.25, 0.3) is 0 Å². The highest BCUT2D eigenvalue weighted by atomic mass is 79.9. The first-order valence-corrected chi connectivity index (χ1v) is 4.98. The maximum atomic E-state index is 5.65. The molecule has 1 aromatic carbocycles. The van der Waals surface area contributed by atoms with E-state index >= 15 is 0 Å². The highest BCUT2D eigenvalue weighted by Gasteiger charge is 2.27. The second-order valence-electron chi connectivity index (χ2n) is 3.51. The molecule has 3 heteroatoms. The van der Waals surface area contributed by atoms with Crippen molar-refractivity contribution in [2.45, 2.75) is 26.2 Å². The summed E-state index contributed by atoms with van der Waals surface area (Å²) >= 11 is 3.46. The predicted molar refractivity (Wildman–Crippen MR) is 53.6 cm³/mol. The fourth-order valence-electron chi connectivity index (χ4n) is 1.31. The second kappa shape index (κ2) is 3.00. The maximum Gasteiger partial charge on any atom is 0.205 e. The minimum Gasteiger partial charge on any atom is -0.463 e. The zero-order valence-corrected chi connectivity index (χ0v) is 9.22. The highest BCUT2D eigenvalue weighted by Crippen LogP contribution is 2.35. The third-order valence-corrected chi connectivity index (χ3v) is 2.74. The molecule has 0 radical (unpaired) electrons. The number of ether oxygens (including phenoxy) is 2. The van der Waals surface area contributed by atoms with Gasteiger partial charge in [-0.1, -0.05) is 22.0 Å². The minimum atomic E-state index is -0.506. The normalized spacial score (nSPS) is 19.0. The van der Waals surface area contributed by atoms with Crippen molar-refractivity contribution < 1.29 is 9.47 Å². The van der Waals surface area contributed by atoms with E-state index in [9.17, 15) is 0 Å². The standard InChI is InChI=1S/C10H11BrO2/c1-10(2)12-6-7-8(11)4-3-5-9(7)13-10/h3-5H,6H2,1-2H3. The van der Waals surface area contributed by atoms with E-state index < -0.39 is 5.79 Å². The summed E-state index contributed by atoms with van der Waals surface area (Å²) in [7, 11) is 0. The summed E-state index contributed by atoms with van der Waals surface area (Å²) in [5, 5.41) is 0. The first kappa shape index (κ1) is 9.03. The molecule has 1 aliphatic heterocycles. The van der Waals surface area contributed by atoms with E-state index in [4.69, 9.17) is 9.47 Å². The van der Waals surface area contributed by atoms with Gasteiger partial charge in [-0.3, -0.25) is 0 Å². The van der Waals surface area contributed by atoms with Crippen LogP contribution in [0.2, 0.25) is 0 Å². The lowest BCUT2D eigenvalue weighted by molar-refractivity contribution is -0.180. The number of halogens is 1. The third-order valence-electron chi connectivity index (χ3n) is 2.00. The average molecular weight is 243 g/mol. The molecule has 13 heavy (non-hydrogen) atoms. The monoisotopic (exact) mass is 242 g/mol. The van der Waals surface area contributed by atoms with Gasteiger partial charge < -0.3 is 9.47 Å². The summed E-state index contributed by atoms with van der Waals surface area (Å²) in [6.45, 7) is 4.43. The van der Waals surface area contributed by atoms with Crippen molar-refractivity contribution in [2.24, 2.45) is 0 Å². The van der Waals surface area contributed by atoms with Crippen LogP contribution in [-0.4, -0.2) is 5.79 Å². The summed E-state index contributed by atoms with van der Waals surface area (Å²) in [6, 6.07) is 5.92. The van der Waals surface area contributed by atoms with Crippen LogP contribution in [0.3, 0.4) is 0 Å². The van der Waals surface area contributed by atoms with Gasteiger partial charge in [-0.05, 0) is 12.1 Å². The smallest absolute Gasteiger partial charge is 0.205 e. The van der Waals surface area contributed by atoms with Crippen LogP contribution in [0, 0.1) is 0 Å². The Morgan fingerprint density at radius 2 is 2.15 bits per heavy atom. The molecule has 0 saturated carbocycles. The maximum absolute atomic E-state index is 5.65. The largest absolute Gasteiger partial charge is 0.463 e. The number of fused-ring (bicyclic) bond motifs is 1. The molecule has 1 aromatic rings. The van der Waals surface area contributed by atoms with Crippen LogP contribution in [0.5, 0.6) is 5.75 Å². The molecular formula is C10H11BrO2. The fourth-order valence-corrected chi connectivity index (χ4v) is 1.78. The molecule has 0 bridgehead atoms. The quantitative estimate of drug-likeness (QED) is 0.697. The molecule has 0 spiro atoms. The first-order chi connectivity index (χ1) is 6.08. The van der Waals surface area contributed by atoms with Crippen LogP contribution in [0.1, 0.15) is 19.4 Å². The van der Waals surface area contributed by atoms with Gasteiger partial charge in [-0.25, -0.2) is 0 Å². The Hall–Kier alpha value is -0.540. The molecule has 1 heterocycles. The van der Waals surface area contributed by atoms with Crippen molar-refractivity contribution in [1.29, 1.82) is 0 Å². The average Bonchev–Trinajstić information content (AvgIpc) is 2.02. The van der Waals surface area contributed by atoms with E-state index in [2.05, 4.69) is 15.9 Å². The summed E-state index contributed by atoms with van der Waals surface area (Å²) in [5.41, 5.74) is 1.09. The summed E-state index contributed by atoms with van der Waals surface area (Å²) in [4.78, 5) is 0.